The lowest BCUT2D eigenvalue weighted by Gasteiger charge is -2.49. The molecular formula is C21H28N2O2. The normalized spacial score (nSPS) is 34.8. The predicted octanol–water partition coefficient (Wildman–Crippen LogP) is 4.04. The molecule has 4 nitrogen and oxygen atoms in total. The van der Waals surface area contributed by atoms with Crippen molar-refractivity contribution in [1.82, 2.24) is 5.43 Å². The van der Waals surface area contributed by atoms with Crippen LogP contribution in [-0.4, -0.2) is 18.7 Å². The van der Waals surface area contributed by atoms with Crippen LogP contribution in [0, 0.1) is 17.3 Å². The van der Waals surface area contributed by atoms with Crippen molar-refractivity contribution >= 4 is 11.6 Å². The fourth-order valence-electron chi connectivity index (χ4n) is 5.80. The molecule has 1 amide bonds. The molecule has 0 heterocycles. The Morgan fingerprint density at radius 3 is 2.88 bits per heavy atom. The first kappa shape index (κ1) is 16.6. The highest BCUT2D eigenvalue weighted by atomic mass is 16.5. The molecule has 1 aromatic rings. The first-order chi connectivity index (χ1) is 12.0. The highest BCUT2D eigenvalue weighted by Gasteiger charge is 2.53. The second kappa shape index (κ2) is 6.15. The van der Waals surface area contributed by atoms with Crippen molar-refractivity contribution in [3.05, 3.63) is 29.3 Å². The Morgan fingerprint density at radius 2 is 2.12 bits per heavy atom. The molecule has 3 aliphatic carbocycles. The number of nitrogens with zero attached hydrogens (tertiary/aromatic N) is 1. The number of amides is 1. The maximum absolute atomic E-state index is 11.3. The van der Waals surface area contributed by atoms with Crippen LogP contribution in [0.5, 0.6) is 5.75 Å². The third-order valence-corrected chi connectivity index (χ3v) is 7.02. The molecule has 3 aliphatic rings. The summed E-state index contributed by atoms with van der Waals surface area (Å²) in [5, 5.41) is 4.48. The molecule has 134 valence electrons. The molecular weight excluding hydrogens is 312 g/mol. The minimum atomic E-state index is -0.0752. The van der Waals surface area contributed by atoms with Gasteiger partial charge in [-0.05, 0) is 79.5 Å². The summed E-state index contributed by atoms with van der Waals surface area (Å²) in [6.07, 6.45) is 7.04. The minimum Gasteiger partial charge on any atom is -0.497 e. The first-order valence-electron chi connectivity index (χ1n) is 9.53. The molecule has 0 aliphatic heterocycles. The van der Waals surface area contributed by atoms with Gasteiger partial charge in [0.05, 0.1) is 7.11 Å². The van der Waals surface area contributed by atoms with Crippen molar-refractivity contribution in [3.8, 4) is 5.75 Å². The highest BCUT2D eigenvalue weighted by molar-refractivity contribution is 5.93. The number of benzene rings is 1. The number of hydrogen-bond donors (Lipinski definition) is 1. The SMILES string of the molecule is COc1ccc2c(c1)CC[C@@H]1[C@@H]2CC[C@]2(C)/C(=N/NC(C)=O)CC[C@@H]12. The van der Waals surface area contributed by atoms with E-state index in [0.717, 1.165) is 24.5 Å². The van der Waals surface area contributed by atoms with Gasteiger partial charge in [0.1, 0.15) is 5.75 Å². The van der Waals surface area contributed by atoms with Gasteiger partial charge in [0, 0.05) is 18.1 Å². The van der Waals surface area contributed by atoms with Crippen molar-refractivity contribution < 1.29 is 9.53 Å². The molecule has 0 aromatic heterocycles. The Morgan fingerprint density at radius 1 is 1.28 bits per heavy atom. The molecule has 0 radical (unpaired) electrons. The summed E-state index contributed by atoms with van der Waals surface area (Å²) >= 11 is 0. The van der Waals surface area contributed by atoms with Gasteiger partial charge in [-0.15, -0.1) is 0 Å². The zero-order chi connectivity index (χ0) is 17.6. The van der Waals surface area contributed by atoms with Crippen LogP contribution in [0.15, 0.2) is 23.3 Å². The molecule has 0 bridgehead atoms. The van der Waals surface area contributed by atoms with E-state index in [0.29, 0.717) is 11.8 Å². The number of fused-ring (bicyclic) bond motifs is 5. The van der Waals surface area contributed by atoms with Gasteiger partial charge in [-0.2, -0.15) is 5.10 Å². The van der Waals surface area contributed by atoms with Gasteiger partial charge < -0.3 is 4.74 Å². The number of nitrogens with one attached hydrogen (secondary N) is 1. The molecule has 4 atom stereocenters. The molecule has 1 aromatic carbocycles. The molecule has 0 spiro atoms. The van der Waals surface area contributed by atoms with E-state index in [4.69, 9.17) is 4.74 Å². The van der Waals surface area contributed by atoms with Gasteiger partial charge in [-0.1, -0.05) is 13.0 Å². The van der Waals surface area contributed by atoms with E-state index in [2.05, 4.69) is 35.7 Å². The van der Waals surface area contributed by atoms with Crippen LogP contribution in [0.25, 0.3) is 0 Å². The average Bonchev–Trinajstić information content (AvgIpc) is 2.95. The molecule has 2 fully saturated rings. The summed E-state index contributed by atoms with van der Waals surface area (Å²) in [7, 11) is 1.74. The van der Waals surface area contributed by atoms with E-state index in [1.54, 1.807) is 12.7 Å². The largest absolute Gasteiger partial charge is 0.497 e. The standard InChI is InChI=1S/C21H28N2O2/c1-13(24)22-23-20-9-8-19-18-6-4-14-12-15(25-3)5-7-16(14)17(18)10-11-21(19,20)2/h5,7,12,17-19H,4,6,8-11H2,1-3H3,(H,22,24)/b23-20+/t17-,18-,19+,21+/m1/s1. The number of hydrazone groups is 1. The number of carbonyl (C=O) groups excluding carboxylic acids is 1. The van der Waals surface area contributed by atoms with Gasteiger partial charge in [0.25, 0.3) is 0 Å². The molecule has 0 saturated heterocycles. The topological polar surface area (TPSA) is 50.7 Å². The van der Waals surface area contributed by atoms with E-state index >= 15 is 0 Å². The quantitative estimate of drug-likeness (QED) is 0.826. The average molecular weight is 340 g/mol. The zero-order valence-electron chi connectivity index (χ0n) is 15.5. The van der Waals surface area contributed by atoms with E-state index in [9.17, 15) is 4.79 Å². The second-order valence-corrected chi connectivity index (χ2v) is 8.20. The number of carbonyl (C=O) groups is 1. The zero-order valence-corrected chi connectivity index (χ0v) is 15.5. The van der Waals surface area contributed by atoms with Crippen LogP contribution >= 0.6 is 0 Å². The number of rotatable bonds is 2. The molecule has 25 heavy (non-hydrogen) atoms. The van der Waals surface area contributed by atoms with Crippen molar-refractivity contribution in [2.24, 2.45) is 22.4 Å². The number of ether oxygens (including phenoxy) is 1. The van der Waals surface area contributed by atoms with Crippen LogP contribution < -0.4 is 10.2 Å². The Balaban J connectivity index is 1.62. The Bertz CT molecular complexity index is 727. The van der Waals surface area contributed by atoms with Gasteiger partial charge in [-0.3, -0.25) is 4.79 Å². The third-order valence-electron chi connectivity index (χ3n) is 7.02. The number of methoxy groups -OCH3 is 1. The first-order valence-corrected chi connectivity index (χ1v) is 9.53. The van der Waals surface area contributed by atoms with Crippen LogP contribution in [0.3, 0.4) is 0 Å². The summed E-state index contributed by atoms with van der Waals surface area (Å²) < 4.78 is 5.41. The fourth-order valence-corrected chi connectivity index (χ4v) is 5.80. The minimum absolute atomic E-state index is 0.0752. The Hall–Kier alpha value is -1.84. The molecule has 4 heteroatoms. The summed E-state index contributed by atoms with van der Waals surface area (Å²) in [6.45, 7) is 3.91. The molecule has 4 rings (SSSR count). The third kappa shape index (κ3) is 2.66. The maximum atomic E-state index is 11.3. The molecule has 1 N–H and O–H groups in total. The van der Waals surface area contributed by atoms with Crippen LogP contribution in [0.2, 0.25) is 0 Å². The van der Waals surface area contributed by atoms with Gasteiger partial charge in [-0.25, -0.2) is 5.43 Å². The Kier molecular flexibility index (Phi) is 4.09. The summed E-state index contributed by atoms with van der Waals surface area (Å²) in [6, 6.07) is 6.65. The van der Waals surface area contributed by atoms with Crippen LogP contribution in [-0.2, 0) is 11.2 Å². The maximum Gasteiger partial charge on any atom is 0.236 e. The van der Waals surface area contributed by atoms with Crippen molar-refractivity contribution in [1.29, 1.82) is 0 Å². The van der Waals surface area contributed by atoms with E-state index in [1.165, 1.54) is 43.9 Å². The highest BCUT2D eigenvalue weighted by Crippen LogP contribution is 2.59. The summed E-state index contributed by atoms with van der Waals surface area (Å²) in [5.74, 6) is 3.00. The monoisotopic (exact) mass is 340 g/mol. The van der Waals surface area contributed by atoms with E-state index in [-0.39, 0.29) is 11.3 Å². The van der Waals surface area contributed by atoms with Crippen LogP contribution in [0.4, 0.5) is 0 Å². The predicted molar refractivity (Wildman–Crippen MR) is 98.9 cm³/mol. The lowest BCUT2D eigenvalue weighted by molar-refractivity contribution is -0.118. The molecule has 2 saturated carbocycles. The van der Waals surface area contributed by atoms with Gasteiger partial charge >= 0.3 is 0 Å². The Labute approximate surface area is 150 Å². The number of hydrogen-bond acceptors (Lipinski definition) is 3. The smallest absolute Gasteiger partial charge is 0.236 e. The van der Waals surface area contributed by atoms with Crippen molar-refractivity contribution in [3.63, 3.8) is 0 Å². The van der Waals surface area contributed by atoms with Crippen molar-refractivity contribution in [2.45, 2.75) is 58.3 Å². The lowest BCUT2D eigenvalue weighted by Crippen LogP contribution is -2.43. The summed E-state index contributed by atoms with van der Waals surface area (Å²) in [5.41, 5.74) is 7.08. The lowest BCUT2D eigenvalue weighted by atomic mass is 9.55. The molecule has 0 unspecified atom stereocenters. The summed E-state index contributed by atoms with van der Waals surface area (Å²) in [4.78, 5) is 11.3. The second-order valence-electron chi connectivity index (χ2n) is 8.20. The fraction of sp³-hybridized carbons (Fsp3) is 0.619. The van der Waals surface area contributed by atoms with Gasteiger partial charge in [0.15, 0.2) is 0 Å². The number of aryl methyl sites for hydroxylation is 1. The van der Waals surface area contributed by atoms with E-state index < -0.39 is 0 Å². The van der Waals surface area contributed by atoms with E-state index in [1.807, 2.05) is 0 Å². The van der Waals surface area contributed by atoms with Crippen molar-refractivity contribution in [2.75, 3.05) is 7.11 Å². The van der Waals surface area contributed by atoms with Gasteiger partial charge in [0.2, 0.25) is 5.91 Å². The van der Waals surface area contributed by atoms with Crippen LogP contribution in [0.1, 0.15) is 63.0 Å².